The fourth-order valence-electron chi connectivity index (χ4n) is 2.28. The number of amides is 1. The summed E-state index contributed by atoms with van der Waals surface area (Å²) in [7, 11) is 1.17. The predicted molar refractivity (Wildman–Crippen MR) is 81.6 cm³/mol. The number of hydrogen-bond acceptors (Lipinski definition) is 5. The number of aliphatic hydroxyl groups is 1. The molecule has 0 spiro atoms. The van der Waals surface area contributed by atoms with Crippen molar-refractivity contribution in [2.75, 3.05) is 13.7 Å². The summed E-state index contributed by atoms with van der Waals surface area (Å²) in [6, 6.07) is 8.03. The van der Waals surface area contributed by atoms with E-state index in [4.69, 9.17) is 14.9 Å². The van der Waals surface area contributed by atoms with Crippen LogP contribution in [-0.2, 0) is 10.3 Å². The fourth-order valence-corrected chi connectivity index (χ4v) is 2.28. The molecule has 1 heterocycles. The standard InChI is InChI=1S/C16H17F3N2O4/c1-24-12-6-3-2-5-10(12)15(20,16(17,18)19)14(23)21-9-11(22)13-7-4-8-25-13/h2-8,11,22H,9,20H2,1H3,(H,21,23)/t11-,15+/m1/s1. The zero-order chi connectivity index (χ0) is 18.7. The minimum atomic E-state index is -5.10. The fraction of sp³-hybridized carbons (Fsp3) is 0.312. The molecule has 4 N–H and O–H groups in total. The van der Waals surface area contributed by atoms with E-state index in [0.29, 0.717) is 0 Å². The summed E-state index contributed by atoms with van der Waals surface area (Å²) < 4.78 is 50.7. The highest BCUT2D eigenvalue weighted by atomic mass is 19.4. The lowest BCUT2D eigenvalue weighted by Crippen LogP contribution is -2.61. The number of carbonyl (C=O) groups excluding carboxylic acids is 1. The number of alkyl halides is 3. The third-order valence-corrected chi connectivity index (χ3v) is 3.66. The molecule has 0 bridgehead atoms. The van der Waals surface area contributed by atoms with Gasteiger partial charge >= 0.3 is 6.18 Å². The Kier molecular flexibility index (Phi) is 5.39. The van der Waals surface area contributed by atoms with Crippen molar-refractivity contribution < 1.29 is 32.2 Å². The average Bonchev–Trinajstić information content (AvgIpc) is 3.12. The van der Waals surface area contributed by atoms with Crippen molar-refractivity contribution in [2.45, 2.75) is 17.8 Å². The van der Waals surface area contributed by atoms with Gasteiger partial charge in [-0.15, -0.1) is 0 Å². The molecule has 136 valence electrons. The van der Waals surface area contributed by atoms with Gasteiger partial charge in [-0.3, -0.25) is 4.79 Å². The number of hydrogen-bond donors (Lipinski definition) is 3. The van der Waals surface area contributed by atoms with Gasteiger partial charge in [0.25, 0.3) is 5.91 Å². The Morgan fingerprint density at radius 3 is 2.56 bits per heavy atom. The summed E-state index contributed by atoms with van der Waals surface area (Å²) in [6.45, 7) is -0.503. The molecular weight excluding hydrogens is 341 g/mol. The van der Waals surface area contributed by atoms with Gasteiger partial charge in [0.15, 0.2) is 0 Å². The van der Waals surface area contributed by atoms with E-state index in [2.05, 4.69) is 0 Å². The summed E-state index contributed by atoms with van der Waals surface area (Å²) >= 11 is 0. The predicted octanol–water partition coefficient (Wildman–Crippen LogP) is 1.85. The number of carbonyl (C=O) groups is 1. The van der Waals surface area contributed by atoms with Gasteiger partial charge in [0.1, 0.15) is 17.6 Å². The highest BCUT2D eigenvalue weighted by Gasteiger charge is 2.60. The number of rotatable bonds is 6. The molecule has 6 nitrogen and oxygen atoms in total. The second-order valence-corrected chi connectivity index (χ2v) is 5.25. The van der Waals surface area contributed by atoms with Crippen LogP contribution in [0.5, 0.6) is 5.75 Å². The van der Waals surface area contributed by atoms with Crippen molar-refractivity contribution in [3.05, 3.63) is 54.0 Å². The van der Waals surface area contributed by atoms with E-state index in [1.165, 1.54) is 43.7 Å². The lowest BCUT2D eigenvalue weighted by atomic mass is 9.88. The first-order valence-electron chi connectivity index (χ1n) is 7.20. The van der Waals surface area contributed by atoms with Gasteiger partial charge in [-0.2, -0.15) is 13.2 Å². The molecule has 0 aliphatic heterocycles. The molecule has 2 atom stereocenters. The van der Waals surface area contributed by atoms with E-state index in [9.17, 15) is 23.1 Å². The van der Waals surface area contributed by atoms with E-state index in [1.54, 1.807) is 0 Å². The number of halogens is 3. The quantitative estimate of drug-likeness (QED) is 0.732. The molecule has 1 aromatic heterocycles. The highest BCUT2D eigenvalue weighted by molar-refractivity contribution is 5.89. The minimum absolute atomic E-state index is 0.104. The van der Waals surface area contributed by atoms with Crippen LogP contribution in [0, 0.1) is 0 Å². The Morgan fingerprint density at radius 1 is 1.32 bits per heavy atom. The van der Waals surface area contributed by atoms with Gasteiger partial charge in [-0.1, -0.05) is 18.2 Å². The molecule has 9 heteroatoms. The summed E-state index contributed by atoms with van der Waals surface area (Å²) in [4.78, 5) is 12.3. The van der Waals surface area contributed by atoms with Crippen molar-refractivity contribution in [3.63, 3.8) is 0 Å². The molecule has 25 heavy (non-hydrogen) atoms. The average molecular weight is 358 g/mol. The number of ether oxygens (including phenoxy) is 1. The van der Waals surface area contributed by atoms with Crippen molar-refractivity contribution in [1.82, 2.24) is 5.32 Å². The second-order valence-electron chi connectivity index (χ2n) is 5.25. The van der Waals surface area contributed by atoms with Crippen molar-refractivity contribution in [3.8, 4) is 5.75 Å². The zero-order valence-electron chi connectivity index (χ0n) is 13.2. The van der Waals surface area contributed by atoms with Crippen molar-refractivity contribution >= 4 is 5.91 Å². The molecule has 0 saturated carbocycles. The Labute approximate surface area is 141 Å². The van der Waals surface area contributed by atoms with Crippen LogP contribution in [0.25, 0.3) is 0 Å². The Balaban J connectivity index is 2.29. The Bertz CT molecular complexity index is 718. The molecule has 0 radical (unpaired) electrons. The van der Waals surface area contributed by atoms with Gasteiger partial charge in [-0.05, 0) is 18.2 Å². The lowest BCUT2D eigenvalue weighted by Gasteiger charge is -2.32. The van der Waals surface area contributed by atoms with E-state index in [0.717, 1.165) is 6.07 Å². The zero-order valence-corrected chi connectivity index (χ0v) is 13.2. The largest absolute Gasteiger partial charge is 0.496 e. The number of nitrogens with one attached hydrogen (secondary N) is 1. The topological polar surface area (TPSA) is 97.7 Å². The van der Waals surface area contributed by atoms with Gasteiger partial charge in [0.2, 0.25) is 5.54 Å². The maximum Gasteiger partial charge on any atom is 0.419 e. The minimum Gasteiger partial charge on any atom is -0.496 e. The molecule has 2 aromatic rings. The van der Waals surface area contributed by atoms with Crippen LogP contribution in [0.2, 0.25) is 0 Å². The first-order chi connectivity index (χ1) is 11.7. The third-order valence-electron chi connectivity index (χ3n) is 3.66. The van der Waals surface area contributed by atoms with Crippen molar-refractivity contribution in [1.29, 1.82) is 0 Å². The van der Waals surface area contributed by atoms with Gasteiger partial charge in [0, 0.05) is 5.56 Å². The van der Waals surface area contributed by atoms with Crippen LogP contribution >= 0.6 is 0 Å². The molecule has 0 aliphatic rings. The van der Waals surface area contributed by atoms with Gasteiger partial charge in [0.05, 0.1) is 19.9 Å². The van der Waals surface area contributed by atoms with Crippen LogP contribution < -0.4 is 15.8 Å². The van der Waals surface area contributed by atoms with E-state index in [1.807, 2.05) is 5.32 Å². The smallest absolute Gasteiger partial charge is 0.419 e. The van der Waals surface area contributed by atoms with Gasteiger partial charge < -0.3 is 25.3 Å². The number of furan rings is 1. The summed E-state index contributed by atoms with van der Waals surface area (Å²) in [6.07, 6.45) is -5.12. The number of aliphatic hydroxyl groups excluding tert-OH is 1. The molecule has 0 saturated heterocycles. The first-order valence-corrected chi connectivity index (χ1v) is 7.20. The van der Waals surface area contributed by atoms with E-state index in [-0.39, 0.29) is 11.5 Å². The Morgan fingerprint density at radius 2 is 2.00 bits per heavy atom. The molecule has 0 unspecified atom stereocenters. The number of benzene rings is 1. The molecular formula is C16H17F3N2O4. The van der Waals surface area contributed by atoms with Crippen LogP contribution in [0.4, 0.5) is 13.2 Å². The van der Waals surface area contributed by atoms with E-state index >= 15 is 0 Å². The maximum atomic E-state index is 13.6. The summed E-state index contributed by atoms with van der Waals surface area (Å²) in [5.74, 6) is -1.59. The molecule has 1 aromatic carbocycles. The monoisotopic (exact) mass is 358 g/mol. The van der Waals surface area contributed by atoms with E-state index < -0.39 is 35.8 Å². The molecule has 2 rings (SSSR count). The Hall–Kier alpha value is -2.52. The molecule has 0 aliphatic carbocycles. The summed E-state index contributed by atoms with van der Waals surface area (Å²) in [5.41, 5.74) is 1.62. The first kappa shape index (κ1) is 18.8. The van der Waals surface area contributed by atoms with Gasteiger partial charge in [-0.25, -0.2) is 0 Å². The van der Waals surface area contributed by atoms with Crippen LogP contribution in [0.3, 0.4) is 0 Å². The number of methoxy groups -OCH3 is 1. The van der Waals surface area contributed by atoms with Crippen LogP contribution in [0.15, 0.2) is 47.1 Å². The molecule has 0 fully saturated rings. The highest BCUT2D eigenvalue weighted by Crippen LogP contribution is 2.41. The SMILES string of the molecule is COc1ccccc1[C@](N)(C(=O)NC[C@@H](O)c1ccco1)C(F)(F)F. The third kappa shape index (κ3) is 3.62. The van der Waals surface area contributed by atoms with Crippen LogP contribution in [-0.4, -0.2) is 30.8 Å². The maximum absolute atomic E-state index is 13.6. The van der Waals surface area contributed by atoms with Crippen LogP contribution in [0.1, 0.15) is 17.4 Å². The van der Waals surface area contributed by atoms with Crippen molar-refractivity contribution in [2.24, 2.45) is 5.73 Å². The second kappa shape index (κ2) is 7.16. The normalized spacial score (nSPS) is 15.3. The summed E-state index contributed by atoms with van der Waals surface area (Å²) in [5, 5.41) is 11.9. The number of para-hydroxylation sites is 1. The molecule has 1 amide bonds. The number of nitrogens with two attached hydrogens (primary N) is 1. The lowest BCUT2D eigenvalue weighted by molar-refractivity contribution is -0.195.